The van der Waals surface area contributed by atoms with Crippen LogP contribution in [-0.2, 0) is 4.79 Å². The first-order chi connectivity index (χ1) is 10.2. The van der Waals surface area contributed by atoms with Crippen molar-refractivity contribution in [3.63, 3.8) is 0 Å². The third-order valence-corrected chi connectivity index (χ3v) is 4.85. The quantitative estimate of drug-likeness (QED) is 0.904. The molecule has 1 saturated heterocycles. The summed E-state index contributed by atoms with van der Waals surface area (Å²) in [6.45, 7) is 5.07. The van der Waals surface area contributed by atoms with Crippen molar-refractivity contribution in [2.24, 2.45) is 5.92 Å². The molecule has 2 fully saturated rings. The van der Waals surface area contributed by atoms with Gasteiger partial charge in [-0.2, -0.15) is 0 Å². The zero-order valence-electron chi connectivity index (χ0n) is 12.5. The second-order valence-electron chi connectivity index (χ2n) is 6.14. The highest BCUT2D eigenvalue weighted by Crippen LogP contribution is 2.48. The monoisotopic (exact) mass is 290 g/mol. The Morgan fingerprint density at radius 1 is 1.43 bits per heavy atom. The van der Waals surface area contributed by atoms with E-state index in [9.17, 15) is 9.18 Å². The lowest BCUT2D eigenvalue weighted by Crippen LogP contribution is -2.40. The fourth-order valence-corrected chi connectivity index (χ4v) is 3.50. The smallest absolute Gasteiger partial charge is 0.223 e. The zero-order valence-corrected chi connectivity index (χ0v) is 12.5. The largest absolute Gasteiger partial charge is 0.354 e. The Balaban J connectivity index is 1.51. The molecule has 1 aliphatic carbocycles. The minimum absolute atomic E-state index is 0.0432. The van der Waals surface area contributed by atoms with Crippen molar-refractivity contribution >= 4 is 5.91 Å². The van der Waals surface area contributed by atoms with Crippen LogP contribution in [-0.4, -0.2) is 36.5 Å². The van der Waals surface area contributed by atoms with E-state index in [2.05, 4.69) is 17.1 Å². The molecule has 3 nitrogen and oxygen atoms in total. The van der Waals surface area contributed by atoms with Crippen LogP contribution in [0.25, 0.3) is 0 Å². The van der Waals surface area contributed by atoms with Gasteiger partial charge in [0, 0.05) is 18.5 Å². The van der Waals surface area contributed by atoms with Crippen LogP contribution in [0.15, 0.2) is 24.3 Å². The van der Waals surface area contributed by atoms with E-state index in [0.717, 1.165) is 32.5 Å². The number of amides is 1. The Hall–Kier alpha value is -1.42. The lowest BCUT2D eigenvalue weighted by molar-refractivity contribution is -0.122. The lowest BCUT2D eigenvalue weighted by atomic mass is 10.1. The second kappa shape index (κ2) is 6.14. The number of carbonyl (C=O) groups excluding carboxylic acids is 1. The average Bonchev–Trinajstić information content (AvgIpc) is 3.15. The minimum Gasteiger partial charge on any atom is -0.354 e. The number of rotatable bonds is 5. The van der Waals surface area contributed by atoms with Crippen LogP contribution in [0, 0.1) is 11.7 Å². The van der Waals surface area contributed by atoms with Crippen LogP contribution >= 0.6 is 0 Å². The highest BCUT2D eigenvalue weighted by atomic mass is 19.1. The molecule has 1 amide bonds. The van der Waals surface area contributed by atoms with Gasteiger partial charge in [0.05, 0.1) is 0 Å². The van der Waals surface area contributed by atoms with E-state index >= 15 is 0 Å². The van der Waals surface area contributed by atoms with Gasteiger partial charge < -0.3 is 5.32 Å². The fourth-order valence-electron chi connectivity index (χ4n) is 3.50. The molecule has 0 spiro atoms. The third-order valence-electron chi connectivity index (χ3n) is 4.85. The van der Waals surface area contributed by atoms with Crippen molar-refractivity contribution < 1.29 is 9.18 Å². The zero-order chi connectivity index (χ0) is 14.8. The first-order valence-corrected chi connectivity index (χ1v) is 7.97. The van der Waals surface area contributed by atoms with E-state index in [1.165, 1.54) is 12.5 Å². The molecule has 2 aliphatic rings. The molecule has 3 atom stereocenters. The number of nitrogens with zero attached hydrogens (tertiary/aromatic N) is 1. The lowest BCUT2D eigenvalue weighted by Gasteiger charge is -2.22. The van der Waals surface area contributed by atoms with Gasteiger partial charge in [0.15, 0.2) is 0 Å². The number of carbonyl (C=O) groups is 1. The molecule has 1 aromatic rings. The molecule has 3 rings (SSSR count). The number of likely N-dealkylation sites (N-methyl/N-ethyl adjacent to an activating group) is 1. The van der Waals surface area contributed by atoms with Crippen LogP contribution in [0.5, 0.6) is 0 Å². The number of likely N-dealkylation sites (tertiary alicyclic amines) is 1. The van der Waals surface area contributed by atoms with Crippen LogP contribution in [0.1, 0.15) is 37.7 Å². The number of hydrogen-bond acceptors (Lipinski definition) is 2. The van der Waals surface area contributed by atoms with Gasteiger partial charge in [0.25, 0.3) is 0 Å². The van der Waals surface area contributed by atoms with Crippen molar-refractivity contribution in [1.82, 2.24) is 10.2 Å². The van der Waals surface area contributed by atoms with E-state index in [0.29, 0.717) is 11.6 Å². The predicted octanol–water partition coefficient (Wildman–Crippen LogP) is 2.53. The Bertz CT molecular complexity index is 519. The van der Waals surface area contributed by atoms with Gasteiger partial charge in [-0.1, -0.05) is 25.1 Å². The first-order valence-electron chi connectivity index (χ1n) is 7.97. The van der Waals surface area contributed by atoms with E-state index in [1.807, 2.05) is 6.07 Å². The van der Waals surface area contributed by atoms with Crippen molar-refractivity contribution in [2.45, 2.75) is 38.1 Å². The van der Waals surface area contributed by atoms with E-state index in [-0.39, 0.29) is 23.6 Å². The van der Waals surface area contributed by atoms with Crippen molar-refractivity contribution in [3.8, 4) is 0 Å². The molecule has 3 unspecified atom stereocenters. The molecule has 1 N–H and O–H groups in total. The van der Waals surface area contributed by atoms with E-state index in [1.54, 1.807) is 12.1 Å². The number of nitrogens with one attached hydrogen (secondary N) is 1. The van der Waals surface area contributed by atoms with Crippen molar-refractivity contribution in [2.75, 3.05) is 19.6 Å². The first kappa shape index (κ1) is 14.5. The van der Waals surface area contributed by atoms with Gasteiger partial charge in [-0.25, -0.2) is 4.39 Å². The van der Waals surface area contributed by atoms with Gasteiger partial charge in [-0.3, -0.25) is 9.69 Å². The maximum Gasteiger partial charge on any atom is 0.223 e. The maximum absolute atomic E-state index is 13.7. The highest BCUT2D eigenvalue weighted by Gasteiger charge is 2.45. The molecule has 0 aromatic heterocycles. The molecule has 21 heavy (non-hydrogen) atoms. The van der Waals surface area contributed by atoms with Gasteiger partial charge in [0.1, 0.15) is 5.82 Å². The SMILES string of the molecule is CCN1CCCC1CNC(=O)C1CC1c1ccccc1F. The van der Waals surface area contributed by atoms with Gasteiger partial charge in [-0.05, 0) is 49.9 Å². The van der Waals surface area contributed by atoms with E-state index in [4.69, 9.17) is 0 Å². The summed E-state index contributed by atoms with van der Waals surface area (Å²) in [5.74, 6) is -0.0765. The molecule has 0 radical (unpaired) electrons. The number of benzene rings is 1. The van der Waals surface area contributed by atoms with Gasteiger partial charge in [0.2, 0.25) is 5.91 Å². The second-order valence-corrected chi connectivity index (χ2v) is 6.14. The molecular weight excluding hydrogens is 267 g/mol. The summed E-state index contributed by atoms with van der Waals surface area (Å²) >= 11 is 0. The summed E-state index contributed by atoms with van der Waals surface area (Å²) in [6, 6.07) is 7.27. The molecule has 1 saturated carbocycles. The Morgan fingerprint density at radius 2 is 2.24 bits per heavy atom. The summed E-state index contributed by atoms with van der Waals surface area (Å²) in [5, 5.41) is 3.07. The van der Waals surface area contributed by atoms with Crippen LogP contribution in [0.3, 0.4) is 0 Å². The summed E-state index contributed by atoms with van der Waals surface area (Å²) in [4.78, 5) is 14.6. The van der Waals surface area contributed by atoms with Crippen LogP contribution < -0.4 is 5.32 Å². The maximum atomic E-state index is 13.7. The Morgan fingerprint density at radius 3 is 3.00 bits per heavy atom. The van der Waals surface area contributed by atoms with Gasteiger partial charge in [-0.15, -0.1) is 0 Å². The summed E-state index contributed by atoms with van der Waals surface area (Å²) in [5.41, 5.74) is 0.689. The molecule has 114 valence electrons. The normalized spacial score (nSPS) is 28.6. The highest BCUT2D eigenvalue weighted by molar-refractivity contribution is 5.82. The number of halogens is 1. The standard InChI is InChI=1S/C17H23FN2O/c1-2-20-9-5-6-12(20)11-19-17(21)15-10-14(15)13-7-3-4-8-16(13)18/h3-4,7-8,12,14-15H,2,5-6,9-11H2,1H3,(H,19,21). The summed E-state index contributed by atoms with van der Waals surface area (Å²) in [7, 11) is 0. The molecule has 0 bridgehead atoms. The molecule has 4 heteroatoms. The van der Waals surface area contributed by atoms with Gasteiger partial charge >= 0.3 is 0 Å². The predicted molar refractivity (Wildman–Crippen MR) is 80.5 cm³/mol. The Labute approximate surface area is 125 Å². The van der Waals surface area contributed by atoms with Crippen molar-refractivity contribution in [1.29, 1.82) is 0 Å². The number of hydrogen-bond donors (Lipinski definition) is 1. The fraction of sp³-hybridized carbons (Fsp3) is 0.588. The molecule has 1 aliphatic heterocycles. The third kappa shape index (κ3) is 3.10. The van der Waals surface area contributed by atoms with Crippen LogP contribution in [0.2, 0.25) is 0 Å². The molecule has 1 aromatic carbocycles. The summed E-state index contributed by atoms with van der Waals surface area (Å²) in [6.07, 6.45) is 3.15. The Kier molecular flexibility index (Phi) is 4.24. The summed E-state index contributed by atoms with van der Waals surface area (Å²) < 4.78 is 13.7. The van der Waals surface area contributed by atoms with Crippen LogP contribution in [0.4, 0.5) is 4.39 Å². The minimum atomic E-state index is -0.189. The van der Waals surface area contributed by atoms with E-state index < -0.39 is 0 Å². The molecular formula is C17H23FN2O. The molecule has 1 heterocycles. The van der Waals surface area contributed by atoms with Crippen molar-refractivity contribution in [3.05, 3.63) is 35.6 Å². The average molecular weight is 290 g/mol. The topological polar surface area (TPSA) is 32.3 Å².